The molecule has 6 aromatic rings. The number of hydrogen-bond donors (Lipinski definition) is 3. The Morgan fingerprint density at radius 1 is 0.651 bits per heavy atom. The first-order chi connectivity index (χ1) is 30.5. The number of allylic oxidation sites excluding steroid dienone is 1. The van der Waals surface area contributed by atoms with Crippen LogP contribution >= 0.6 is 11.6 Å². The molecule has 2 unspecified atom stereocenters. The van der Waals surface area contributed by atoms with E-state index < -0.39 is 17.1 Å². The molecule has 2 atom stereocenters. The highest BCUT2D eigenvalue weighted by Gasteiger charge is 2.29. The number of para-hydroxylation sites is 2. The number of amides is 3. The third-order valence-corrected chi connectivity index (χ3v) is 10.1. The third kappa shape index (κ3) is 12.3. The standard InChI is InChI=1S/C24H22N4O3.C21H20N4O2.C3H3ClO/c1-2-21(29)28-13-12-17(15-28)24-26-14-20(23(25)30)22(27-24)16-8-10-19(11-9-16)31-18-6-4-3-5-7-18;22-20(26)18-13-24-21(15-10-11-23-12-15)25-19(18)14-6-8-17(9-7-14)27-16-4-2-1-3-5-16;1-2-3(4)5/h2-11,14,17H,1,12-13,15H2,(H2,25,30);1-9,13,15,23H,10-12H2,(H2,22,26);2H,1H2. The maximum Gasteiger partial charge on any atom is 0.252 e. The second kappa shape index (κ2) is 21.8. The quantitative estimate of drug-likeness (QED) is 0.0807. The number of ether oxygens (including phenoxy) is 2. The summed E-state index contributed by atoms with van der Waals surface area (Å²) in [6, 6.07) is 33.8. The summed E-state index contributed by atoms with van der Waals surface area (Å²) < 4.78 is 11.6. The molecule has 2 aromatic heterocycles. The lowest BCUT2D eigenvalue weighted by Crippen LogP contribution is -2.26. The van der Waals surface area contributed by atoms with Crippen LogP contribution in [0, 0.1) is 0 Å². The molecule has 63 heavy (non-hydrogen) atoms. The number of hydrogen-bond acceptors (Lipinski definition) is 11. The number of rotatable bonds is 12. The van der Waals surface area contributed by atoms with Crippen molar-refractivity contribution in [2.75, 3.05) is 26.2 Å². The number of carbonyl (C=O) groups excluding carboxylic acids is 4. The van der Waals surface area contributed by atoms with Crippen molar-refractivity contribution >= 4 is 34.6 Å². The van der Waals surface area contributed by atoms with Crippen LogP contribution in [0.4, 0.5) is 0 Å². The average Bonchev–Trinajstić information content (AvgIpc) is 4.05. The highest BCUT2D eigenvalue weighted by molar-refractivity contribution is 6.66. The largest absolute Gasteiger partial charge is 0.457 e. The van der Waals surface area contributed by atoms with Crippen LogP contribution in [-0.2, 0) is 9.59 Å². The van der Waals surface area contributed by atoms with Crippen LogP contribution in [0.1, 0.15) is 57.0 Å². The smallest absolute Gasteiger partial charge is 0.252 e. The Morgan fingerprint density at radius 3 is 1.49 bits per heavy atom. The summed E-state index contributed by atoms with van der Waals surface area (Å²) in [7, 11) is 0. The van der Waals surface area contributed by atoms with Gasteiger partial charge in [-0.3, -0.25) is 19.2 Å². The molecule has 5 N–H and O–H groups in total. The van der Waals surface area contributed by atoms with E-state index in [4.69, 9.17) is 32.5 Å². The molecule has 320 valence electrons. The average molecular weight is 865 g/mol. The second-order valence-electron chi connectivity index (χ2n) is 14.3. The van der Waals surface area contributed by atoms with Crippen molar-refractivity contribution in [3.8, 4) is 45.5 Å². The summed E-state index contributed by atoms with van der Waals surface area (Å²) in [5.74, 6) is 3.21. The molecule has 15 heteroatoms. The molecule has 4 heterocycles. The van der Waals surface area contributed by atoms with Crippen molar-refractivity contribution in [2.45, 2.75) is 24.7 Å². The first-order valence-electron chi connectivity index (χ1n) is 20.0. The summed E-state index contributed by atoms with van der Waals surface area (Å²) in [5, 5.41) is 2.80. The maximum absolute atomic E-state index is 12.0. The van der Waals surface area contributed by atoms with Gasteiger partial charge in [0.15, 0.2) is 0 Å². The lowest BCUT2D eigenvalue weighted by Gasteiger charge is -2.15. The minimum absolute atomic E-state index is 0.00902. The first kappa shape index (κ1) is 45.0. The van der Waals surface area contributed by atoms with Crippen LogP contribution in [0.15, 0.2) is 147 Å². The minimum Gasteiger partial charge on any atom is -0.457 e. The fourth-order valence-electron chi connectivity index (χ4n) is 6.77. The van der Waals surface area contributed by atoms with Crippen LogP contribution in [0.3, 0.4) is 0 Å². The van der Waals surface area contributed by atoms with Crippen LogP contribution in [-0.4, -0.2) is 74.0 Å². The van der Waals surface area contributed by atoms with Crippen molar-refractivity contribution in [3.63, 3.8) is 0 Å². The van der Waals surface area contributed by atoms with E-state index in [2.05, 4.69) is 38.4 Å². The van der Waals surface area contributed by atoms with E-state index >= 15 is 0 Å². The topological polar surface area (TPSA) is 206 Å². The molecule has 4 aromatic carbocycles. The highest BCUT2D eigenvalue weighted by Crippen LogP contribution is 2.31. The van der Waals surface area contributed by atoms with Crippen LogP contribution < -0.4 is 26.3 Å². The number of nitrogens with one attached hydrogen (secondary N) is 1. The fourth-order valence-corrected chi connectivity index (χ4v) is 6.77. The zero-order chi connectivity index (χ0) is 44.7. The molecule has 14 nitrogen and oxygen atoms in total. The Hall–Kier alpha value is -7.55. The number of halogens is 1. The maximum atomic E-state index is 12.0. The Morgan fingerprint density at radius 2 is 1.10 bits per heavy atom. The Kier molecular flexibility index (Phi) is 15.6. The number of nitrogens with zero attached hydrogens (tertiary/aromatic N) is 5. The lowest BCUT2D eigenvalue weighted by molar-refractivity contribution is -0.125. The summed E-state index contributed by atoms with van der Waals surface area (Å²) in [4.78, 5) is 64.9. The number of aromatic nitrogens is 4. The fraction of sp³-hybridized carbons (Fsp3) is 0.167. The predicted molar refractivity (Wildman–Crippen MR) is 240 cm³/mol. The van der Waals surface area contributed by atoms with Crippen molar-refractivity contribution in [2.24, 2.45) is 11.5 Å². The predicted octanol–water partition coefficient (Wildman–Crippen LogP) is 7.59. The van der Waals surface area contributed by atoms with E-state index in [1.165, 1.54) is 18.5 Å². The molecule has 0 radical (unpaired) electrons. The number of benzene rings is 4. The van der Waals surface area contributed by atoms with E-state index in [0.29, 0.717) is 47.4 Å². The van der Waals surface area contributed by atoms with Gasteiger partial charge in [0.1, 0.15) is 34.6 Å². The Balaban J connectivity index is 0.000000191. The van der Waals surface area contributed by atoms with Gasteiger partial charge in [-0.1, -0.05) is 49.6 Å². The molecule has 2 aliphatic rings. The minimum atomic E-state index is -0.596. The van der Waals surface area contributed by atoms with Gasteiger partial charge in [-0.25, -0.2) is 19.9 Å². The van der Waals surface area contributed by atoms with Gasteiger partial charge in [0.25, 0.3) is 11.8 Å². The van der Waals surface area contributed by atoms with Crippen molar-refractivity contribution in [3.05, 3.63) is 170 Å². The molecule has 8 rings (SSSR count). The molecule has 3 amide bonds. The monoisotopic (exact) mass is 864 g/mol. The summed E-state index contributed by atoms with van der Waals surface area (Å²) in [6.45, 7) is 9.55. The van der Waals surface area contributed by atoms with E-state index in [1.807, 2.05) is 109 Å². The zero-order valence-corrected chi connectivity index (χ0v) is 35.0. The molecule has 2 fully saturated rings. The van der Waals surface area contributed by atoms with Gasteiger partial charge in [0.05, 0.1) is 22.5 Å². The van der Waals surface area contributed by atoms with Crippen LogP contribution in [0.5, 0.6) is 23.0 Å². The molecular formula is C48H45ClN8O6. The molecule has 0 spiro atoms. The van der Waals surface area contributed by atoms with Gasteiger partial charge in [0, 0.05) is 55.0 Å². The Bertz CT molecular complexity index is 2550. The first-order valence-corrected chi connectivity index (χ1v) is 20.3. The van der Waals surface area contributed by atoms with Crippen molar-refractivity contribution < 1.29 is 28.7 Å². The number of nitrogens with two attached hydrogens (primary N) is 2. The molecule has 0 aliphatic carbocycles. The van der Waals surface area contributed by atoms with Crippen molar-refractivity contribution in [1.29, 1.82) is 0 Å². The molecule has 2 aliphatic heterocycles. The van der Waals surface area contributed by atoms with Gasteiger partial charge < -0.3 is 31.2 Å². The molecule has 0 saturated carbocycles. The number of primary amides is 2. The Labute approximate surface area is 369 Å². The zero-order valence-electron chi connectivity index (χ0n) is 34.2. The SMILES string of the molecule is C=CC(=O)Cl.C=CC(=O)N1CCC(c2ncc(C(N)=O)c(-c3ccc(Oc4ccccc4)cc3)n2)C1.NC(=O)c1cnc(C2CCNC2)nc1-c1ccc(Oc2ccccc2)cc1. The highest BCUT2D eigenvalue weighted by atomic mass is 35.5. The number of likely N-dealkylation sites (tertiary alicyclic amines) is 1. The van der Waals surface area contributed by atoms with Gasteiger partial charge in [-0.05, 0) is 116 Å². The summed E-state index contributed by atoms with van der Waals surface area (Å²) in [5.41, 5.74) is 14.2. The summed E-state index contributed by atoms with van der Waals surface area (Å²) in [6.07, 6.45) is 7.09. The van der Waals surface area contributed by atoms with E-state index in [1.54, 1.807) is 4.90 Å². The van der Waals surface area contributed by atoms with Crippen LogP contribution in [0.25, 0.3) is 22.5 Å². The third-order valence-electron chi connectivity index (χ3n) is 9.98. The molecular weight excluding hydrogens is 820 g/mol. The molecule has 0 bridgehead atoms. The molecule has 2 saturated heterocycles. The lowest BCUT2D eigenvalue weighted by atomic mass is 10.0. The van der Waals surface area contributed by atoms with Gasteiger partial charge in [-0.15, -0.1) is 0 Å². The normalized spacial score (nSPS) is 15.1. The summed E-state index contributed by atoms with van der Waals surface area (Å²) >= 11 is 4.71. The number of carbonyl (C=O) groups is 4. The van der Waals surface area contributed by atoms with E-state index in [9.17, 15) is 19.2 Å². The van der Waals surface area contributed by atoms with Crippen LogP contribution in [0.2, 0.25) is 0 Å². The second-order valence-corrected chi connectivity index (χ2v) is 14.6. The van der Waals surface area contributed by atoms with E-state index in [0.717, 1.165) is 60.5 Å². The van der Waals surface area contributed by atoms with Gasteiger partial charge >= 0.3 is 0 Å². The van der Waals surface area contributed by atoms with Gasteiger partial charge in [0.2, 0.25) is 11.1 Å². The van der Waals surface area contributed by atoms with Gasteiger partial charge in [-0.2, -0.15) is 0 Å². The van der Waals surface area contributed by atoms with Crippen molar-refractivity contribution in [1.82, 2.24) is 30.2 Å². The van der Waals surface area contributed by atoms with E-state index in [-0.39, 0.29) is 23.3 Å².